The van der Waals surface area contributed by atoms with Crippen LogP contribution in [-0.4, -0.2) is 25.9 Å². The molecule has 1 unspecified atom stereocenters. The van der Waals surface area contributed by atoms with Gasteiger partial charge in [-0.1, -0.05) is 6.07 Å². The summed E-state index contributed by atoms with van der Waals surface area (Å²) >= 11 is 0. The smallest absolute Gasteiger partial charge is 0.333 e. The van der Waals surface area contributed by atoms with E-state index in [9.17, 15) is 8.42 Å². The fourth-order valence-electron chi connectivity index (χ4n) is 2.25. The van der Waals surface area contributed by atoms with Gasteiger partial charge in [-0.05, 0) is 38.5 Å². The molecule has 1 aromatic rings. The molecule has 0 fully saturated rings. The predicted molar refractivity (Wildman–Crippen MR) is 73.9 cm³/mol. The van der Waals surface area contributed by atoms with Crippen LogP contribution in [-0.2, 0) is 27.0 Å². The summed E-state index contributed by atoms with van der Waals surface area (Å²) in [7, 11) is -4.19. The topological polar surface area (TPSA) is 84.9 Å². The Morgan fingerprint density at radius 1 is 1.45 bits per heavy atom. The quantitative estimate of drug-likeness (QED) is 0.807. The summed E-state index contributed by atoms with van der Waals surface area (Å²) in [4.78, 5) is 0. The van der Waals surface area contributed by atoms with E-state index in [1.165, 1.54) is 0 Å². The van der Waals surface area contributed by atoms with Gasteiger partial charge in [0, 0.05) is 18.7 Å². The molecule has 0 bridgehead atoms. The highest BCUT2D eigenvalue weighted by molar-refractivity contribution is 7.83. The first kappa shape index (κ1) is 15.2. The molecule has 0 amide bonds. The van der Waals surface area contributed by atoms with Crippen molar-refractivity contribution >= 4 is 10.3 Å². The number of ether oxygens (including phenoxy) is 2. The highest BCUT2D eigenvalue weighted by Gasteiger charge is 2.42. The number of benzene rings is 1. The summed E-state index contributed by atoms with van der Waals surface area (Å²) in [5.74, 6) is 0.740. The maximum Gasteiger partial charge on any atom is 0.333 e. The van der Waals surface area contributed by atoms with Crippen molar-refractivity contribution in [3.8, 4) is 5.75 Å². The van der Waals surface area contributed by atoms with Crippen molar-refractivity contribution in [3.05, 3.63) is 29.3 Å². The lowest BCUT2D eigenvalue weighted by Crippen LogP contribution is -2.34. The van der Waals surface area contributed by atoms with E-state index in [0.717, 1.165) is 16.9 Å². The largest absolute Gasteiger partial charge is 0.464 e. The lowest BCUT2D eigenvalue weighted by molar-refractivity contribution is -0.0981. The van der Waals surface area contributed by atoms with Crippen LogP contribution in [0.25, 0.3) is 0 Å². The molecule has 1 heterocycles. The van der Waals surface area contributed by atoms with Gasteiger partial charge in [0.15, 0.2) is 0 Å². The molecule has 1 aromatic carbocycles. The average molecular weight is 301 g/mol. The van der Waals surface area contributed by atoms with Crippen LogP contribution < -0.4 is 9.46 Å². The summed E-state index contributed by atoms with van der Waals surface area (Å²) in [5.41, 5.74) is 1.39. The normalized spacial score (nSPS) is 20.5. The predicted octanol–water partition coefficient (Wildman–Crippen LogP) is 1.61. The molecule has 2 N–H and O–H groups in total. The minimum Gasteiger partial charge on any atom is -0.464 e. The third-order valence-corrected chi connectivity index (χ3v) is 3.85. The van der Waals surface area contributed by atoms with Crippen LogP contribution in [0.2, 0.25) is 0 Å². The molecule has 7 heteroatoms. The van der Waals surface area contributed by atoms with Gasteiger partial charge in [0.2, 0.25) is 6.29 Å². The van der Waals surface area contributed by atoms with E-state index in [2.05, 4.69) is 0 Å². The summed E-state index contributed by atoms with van der Waals surface area (Å²) in [6.45, 7) is 6.52. The van der Waals surface area contributed by atoms with Crippen LogP contribution in [0.5, 0.6) is 5.75 Å². The highest BCUT2D eigenvalue weighted by atomic mass is 32.2. The maximum absolute atomic E-state index is 10.7. The maximum atomic E-state index is 10.7. The zero-order chi connectivity index (χ0) is 15.0. The molecule has 20 heavy (non-hydrogen) atoms. The Hall–Kier alpha value is -1.15. The second-order valence-corrected chi connectivity index (χ2v) is 6.49. The number of nitrogens with one attached hydrogen (secondary N) is 1. The Morgan fingerprint density at radius 2 is 2.15 bits per heavy atom. The standard InChI is InChI=1S/C13H19NO5S/c1-4-18-12-13(2,3)10-7-9(5-6-11(10)19-12)8-14-20(15,16)17/h5-7,12,14H,4,8H2,1-3H3,(H,15,16,17). The highest BCUT2D eigenvalue weighted by Crippen LogP contribution is 2.43. The number of fused-ring (bicyclic) bond motifs is 1. The zero-order valence-corrected chi connectivity index (χ0v) is 12.5. The Kier molecular flexibility index (Phi) is 4.06. The first-order valence-electron chi connectivity index (χ1n) is 6.38. The van der Waals surface area contributed by atoms with Crippen LogP contribution >= 0.6 is 0 Å². The SMILES string of the molecule is CCOC1Oc2ccc(CNS(=O)(=O)O)cc2C1(C)C. The van der Waals surface area contributed by atoms with Crippen molar-refractivity contribution in [2.45, 2.75) is 39.0 Å². The van der Waals surface area contributed by atoms with Gasteiger partial charge in [-0.25, -0.2) is 0 Å². The lowest BCUT2D eigenvalue weighted by Gasteiger charge is -2.25. The van der Waals surface area contributed by atoms with Crippen molar-refractivity contribution in [1.29, 1.82) is 0 Å². The van der Waals surface area contributed by atoms with Crippen LogP contribution in [0.3, 0.4) is 0 Å². The first-order valence-corrected chi connectivity index (χ1v) is 7.82. The molecule has 0 spiro atoms. The summed E-state index contributed by atoms with van der Waals surface area (Å²) in [6.07, 6.45) is -0.354. The number of hydrogen-bond acceptors (Lipinski definition) is 4. The number of rotatable bonds is 5. The molecule has 1 atom stereocenters. The van der Waals surface area contributed by atoms with Crippen LogP contribution in [0.1, 0.15) is 31.9 Å². The Labute approximate surface area is 119 Å². The molecular formula is C13H19NO5S. The minimum atomic E-state index is -4.19. The average Bonchev–Trinajstić information content (AvgIpc) is 2.59. The summed E-state index contributed by atoms with van der Waals surface area (Å²) in [6, 6.07) is 5.41. The van der Waals surface area contributed by atoms with E-state index in [0.29, 0.717) is 6.61 Å². The third-order valence-electron chi connectivity index (χ3n) is 3.34. The van der Waals surface area contributed by atoms with Gasteiger partial charge < -0.3 is 9.47 Å². The number of hydrogen-bond donors (Lipinski definition) is 2. The van der Waals surface area contributed by atoms with Crippen LogP contribution in [0.15, 0.2) is 18.2 Å². The molecular weight excluding hydrogens is 282 g/mol. The van der Waals surface area contributed by atoms with Gasteiger partial charge in [0.05, 0.1) is 5.41 Å². The van der Waals surface area contributed by atoms with Gasteiger partial charge in [0.1, 0.15) is 5.75 Å². The summed E-state index contributed by atoms with van der Waals surface area (Å²) in [5, 5.41) is 0. The second kappa shape index (κ2) is 5.33. The van der Waals surface area contributed by atoms with Gasteiger partial charge in [-0.2, -0.15) is 13.1 Å². The third kappa shape index (κ3) is 3.12. The molecule has 0 saturated heterocycles. The van der Waals surface area contributed by atoms with Crippen molar-refractivity contribution in [2.75, 3.05) is 6.61 Å². The molecule has 0 radical (unpaired) electrons. The van der Waals surface area contributed by atoms with Gasteiger partial charge >= 0.3 is 10.3 Å². The van der Waals surface area contributed by atoms with Gasteiger partial charge in [0.25, 0.3) is 0 Å². The van der Waals surface area contributed by atoms with E-state index < -0.39 is 10.3 Å². The molecule has 0 aliphatic carbocycles. The van der Waals surface area contributed by atoms with Crippen LogP contribution in [0, 0.1) is 0 Å². The zero-order valence-electron chi connectivity index (χ0n) is 11.7. The van der Waals surface area contributed by atoms with Crippen LogP contribution in [0.4, 0.5) is 0 Å². The van der Waals surface area contributed by atoms with Crippen molar-refractivity contribution in [3.63, 3.8) is 0 Å². The Morgan fingerprint density at radius 3 is 2.75 bits per heavy atom. The first-order chi connectivity index (χ1) is 9.24. The van der Waals surface area contributed by atoms with E-state index in [4.69, 9.17) is 14.0 Å². The molecule has 0 saturated carbocycles. The van der Waals surface area contributed by atoms with E-state index in [-0.39, 0.29) is 18.2 Å². The van der Waals surface area contributed by atoms with E-state index in [1.807, 2.05) is 31.6 Å². The van der Waals surface area contributed by atoms with E-state index in [1.54, 1.807) is 12.1 Å². The Bertz CT molecular complexity index is 597. The lowest BCUT2D eigenvalue weighted by atomic mass is 9.84. The monoisotopic (exact) mass is 301 g/mol. The van der Waals surface area contributed by atoms with Gasteiger partial charge in [-0.3, -0.25) is 4.55 Å². The van der Waals surface area contributed by atoms with Gasteiger partial charge in [-0.15, -0.1) is 0 Å². The second-order valence-electron chi connectivity index (χ2n) is 5.25. The molecule has 2 rings (SSSR count). The van der Waals surface area contributed by atoms with Crippen molar-refractivity contribution in [1.82, 2.24) is 4.72 Å². The Balaban J connectivity index is 2.23. The fourth-order valence-corrected chi connectivity index (χ4v) is 2.60. The van der Waals surface area contributed by atoms with Crippen molar-refractivity contribution in [2.24, 2.45) is 0 Å². The molecule has 0 aromatic heterocycles. The van der Waals surface area contributed by atoms with Crippen molar-refractivity contribution < 1.29 is 22.4 Å². The molecule has 1 aliphatic heterocycles. The van der Waals surface area contributed by atoms with E-state index >= 15 is 0 Å². The fraction of sp³-hybridized carbons (Fsp3) is 0.538. The molecule has 6 nitrogen and oxygen atoms in total. The minimum absolute atomic E-state index is 0.0293. The molecule has 112 valence electrons. The molecule has 1 aliphatic rings. The summed E-state index contributed by atoms with van der Waals surface area (Å²) < 4.78 is 43.5.